The molecule has 102 valence electrons. The lowest BCUT2D eigenvalue weighted by Crippen LogP contribution is -2.37. The van der Waals surface area contributed by atoms with Gasteiger partial charge in [-0.15, -0.1) is 0 Å². The Kier molecular flexibility index (Phi) is 5.36. The van der Waals surface area contributed by atoms with Gasteiger partial charge in [-0.2, -0.15) is 0 Å². The van der Waals surface area contributed by atoms with Gasteiger partial charge in [0.2, 0.25) is 0 Å². The first kappa shape index (κ1) is 15.2. The van der Waals surface area contributed by atoms with Crippen LogP contribution in [0.1, 0.15) is 51.3 Å². The smallest absolute Gasteiger partial charge is 0.0637 e. The maximum Gasteiger partial charge on any atom is 0.0637 e. The van der Waals surface area contributed by atoms with Crippen molar-refractivity contribution < 1.29 is 4.74 Å². The van der Waals surface area contributed by atoms with Gasteiger partial charge in [0.1, 0.15) is 0 Å². The highest BCUT2D eigenvalue weighted by atomic mass is 16.5. The van der Waals surface area contributed by atoms with E-state index in [-0.39, 0.29) is 5.60 Å². The SMILES string of the molecule is COC(C)(C)CC(C)N[C@@H](C)c1ccccc1C. The van der Waals surface area contributed by atoms with E-state index >= 15 is 0 Å². The third-order valence-corrected chi connectivity index (χ3v) is 3.54. The molecule has 0 saturated heterocycles. The molecule has 18 heavy (non-hydrogen) atoms. The van der Waals surface area contributed by atoms with Gasteiger partial charge in [-0.1, -0.05) is 24.3 Å². The van der Waals surface area contributed by atoms with E-state index in [0.717, 1.165) is 6.42 Å². The van der Waals surface area contributed by atoms with Gasteiger partial charge in [0.25, 0.3) is 0 Å². The lowest BCUT2D eigenvalue weighted by Gasteiger charge is -2.29. The van der Waals surface area contributed by atoms with Crippen LogP contribution in [0.25, 0.3) is 0 Å². The third kappa shape index (κ3) is 4.43. The monoisotopic (exact) mass is 249 g/mol. The molecule has 0 bridgehead atoms. The minimum Gasteiger partial charge on any atom is -0.379 e. The molecule has 0 fully saturated rings. The second-order valence-corrected chi connectivity index (χ2v) is 5.81. The van der Waals surface area contributed by atoms with Crippen LogP contribution in [0.2, 0.25) is 0 Å². The fourth-order valence-electron chi connectivity index (χ4n) is 2.47. The van der Waals surface area contributed by atoms with Crippen molar-refractivity contribution in [1.82, 2.24) is 5.32 Å². The maximum absolute atomic E-state index is 5.48. The Morgan fingerprint density at radius 1 is 1.22 bits per heavy atom. The van der Waals surface area contributed by atoms with Crippen LogP contribution < -0.4 is 5.32 Å². The summed E-state index contributed by atoms with van der Waals surface area (Å²) in [7, 11) is 1.78. The summed E-state index contributed by atoms with van der Waals surface area (Å²) in [4.78, 5) is 0. The van der Waals surface area contributed by atoms with E-state index in [0.29, 0.717) is 12.1 Å². The Morgan fingerprint density at radius 2 is 1.83 bits per heavy atom. The van der Waals surface area contributed by atoms with Gasteiger partial charge >= 0.3 is 0 Å². The number of nitrogens with one attached hydrogen (secondary N) is 1. The average Bonchev–Trinajstić information content (AvgIpc) is 2.28. The van der Waals surface area contributed by atoms with Crippen LogP contribution in [-0.2, 0) is 4.74 Å². The van der Waals surface area contributed by atoms with Crippen LogP contribution in [-0.4, -0.2) is 18.8 Å². The van der Waals surface area contributed by atoms with E-state index in [2.05, 4.69) is 64.2 Å². The first-order valence-corrected chi connectivity index (χ1v) is 6.72. The Bertz CT molecular complexity index is 373. The normalized spacial score (nSPS) is 15.4. The van der Waals surface area contributed by atoms with Gasteiger partial charge in [-0.25, -0.2) is 0 Å². The van der Waals surface area contributed by atoms with Crippen LogP contribution >= 0.6 is 0 Å². The molecular formula is C16H27NO. The summed E-state index contributed by atoms with van der Waals surface area (Å²) in [6, 6.07) is 9.34. The van der Waals surface area contributed by atoms with Gasteiger partial charge in [0.15, 0.2) is 0 Å². The van der Waals surface area contributed by atoms with Crippen LogP contribution in [0.15, 0.2) is 24.3 Å². The van der Waals surface area contributed by atoms with Crippen molar-refractivity contribution in [3.63, 3.8) is 0 Å². The maximum atomic E-state index is 5.48. The Balaban J connectivity index is 2.60. The van der Waals surface area contributed by atoms with Gasteiger partial charge < -0.3 is 10.1 Å². The number of benzene rings is 1. The zero-order valence-corrected chi connectivity index (χ0v) is 12.6. The molecule has 0 aliphatic rings. The zero-order chi connectivity index (χ0) is 13.8. The minimum absolute atomic E-state index is 0.0716. The fraction of sp³-hybridized carbons (Fsp3) is 0.625. The Hall–Kier alpha value is -0.860. The van der Waals surface area contributed by atoms with Crippen LogP contribution in [0, 0.1) is 6.92 Å². The van der Waals surface area contributed by atoms with Gasteiger partial charge in [0, 0.05) is 19.2 Å². The summed E-state index contributed by atoms with van der Waals surface area (Å²) in [5.41, 5.74) is 2.65. The van der Waals surface area contributed by atoms with E-state index in [1.807, 2.05) is 0 Å². The summed E-state index contributed by atoms with van der Waals surface area (Å²) in [5, 5.41) is 3.65. The molecule has 1 unspecified atom stereocenters. The van der Waals surface area contributed by atoms with Gasteiger partial charge in [0.05, 0.1) is 5.60 Å². The standard InChI is InChI=1S/C16H27NO/c1-12-9-7-8-10-15(12)14(3)17-13(2)11-16(4,5)18-6/h7-10,13-14,17H,11H2,1-6H3/t13?,14-/m0/s1. The number of hydrogen-bond acceptors (Lipinski definition) is 2. The lowest BCUT2D eigenvalue weighted by molar-refractivity contribution is 0.00782. The largest absolute Gasteiger partial charge is 0.379 e. The number of methoxy groups -OCH3 is 1. The van der Waals surface area contributed by atoms with E-state index in [1.165, 1.54) is 11.1 Å². The van der Waals surface area contributed by atoms with Crippen LogP contribution in [0.4, 0.5) is 0 Å². The second kappa shape index (κ2) is 6.35. The summed E-state index contributed by atoms with van der Waals surface area (Å²) < 4.78 is 5.48. The molecule has 0 spiro atoms. The molecule has 2 atom stereocenters. The van der Waals surface area contributed by atoms with Crippen molar-refractivity contribution in [2.45, 2.75) is 58.7 Å². The minimum atomic E-state index is -0.0716. The zero-order valence-electron chi connectivity index (χ0n) is 12.6. The predicted molar refractivity (Wildman–Crippen MR) is 77.9 cm³/mol. The van der Waals surface area contributed by atoms with Crippen molar-refractivity contribution in [2.75, 3.05) is 7.11 Å². The predicted octanol–water partition coefficient (Wildman–Crippen LogP) is 3.85. The Labute approximate surface area is 112 Å². The third-order valence-electron chi connectivity index (χ3n) is 3.54. The highest BCUT2D eigenvalue weighted by molar-refractivity contribution is 5.28. The van der Waals surface area contributed by atoms with Crippen LogP contribution in [0.5, 0.6) is 0 Å². The molecule has 0 aliphatic carbocycles. The molecule has 1 rings (SSSR count). The highest BCUT2D eigenvalue weighted by Crippen LogP contribution is 2.20. The second-order valence-electron chi connectivity index (χ2n) is 5.81. The van der Waals surface area contributed by atoms with Crippen LogP contribution in [0.3, 0.4) is 0 Å². The van der Waals surface area contributed by atoms with E-state index in [9.17, 15) is 0 Å². The first-order chi connectivity index (χ1) is 8.35. The summed E-state index contributed by atoms with van der Waals surface area (Å²) >= 11 is 0. The lowest BCUT2D eigenvalue weighted by atomic mass is 9.97. The summed E-state index contributed by atoms with van der Waals surface area (Å²) in [6.45, 7) is 10.9. The number of hydrogen-bond donors (Lipinski definition) is 1. The average molecular weight is 249 g/mol. The van der Waals surface area contributed by atoms with Crippen molar-refractivity contribution in [2.24, 2.45) is 0 Å². The number of ether oxygens (including phenoxy) is 1. The fourth-order valence-corrected chi connectivity index (χ4v) is 2.47. The molecule has 0 saturated carbocycles. The van der Waals surface area contributed by atoms with E-state index in [4.69, 9.17) is 4.74 Å². The molecule has 0 heterocycles. The van der Waals surface area contributed by atoms with Crippen molar-refractivity contribution >= 4 is 0 Å². The summed E-state index contributed by atoms with van der Waals surface area (Å²) in [5.74, 6) is 0. The molecule has 0 amide bonds. The quantitative estimate of drug-likeness (QED) is 0.827. The molecule has 1 N–H and O–H groups in total. The van der Waals surface area contributed by atoms with E-state index < -0.39 is 0 Å². The Morgan fingerprint density at radius 3 is 2.39 bits per heavy atom. The summed E-state index contributed by atoms with van der Waals surface area (Å²) in [6.07, 6.45) is 1.000. The van der Waals surface area contributed by atoms with Gasteiger partial charge in [-0.05, 0) is 52.2 Å². The van der Waals surface area contributed by atoms with Crippen molar-refractivity contribution in [3.05, 3.63) is 35.4 Å². The van der Waals surface area contributed by atoms with Crippen molar-refractivity contribution in [1.29, 1.82) is 0 Å². The molecule has 2 heteroatoms. The van der Waals surface area contributed by atoms with E-state index in [1.54, 1.807) is 7.11 Å². The van der Waals surface area contributed by atoms with Crippen molar-refractivity contribution in [3.8, 4) is 0 Å². The molecule has 0 radical (unpaired) electrons. The number of rotatable bonds is 6. The molecule has 0 aliphatic heterocycles. The topological polar surface area (TPSA) is 21.3 Å². The molecule has 2 nitrogen and oxygen atoms in total. The first-order valence-electron chi connectivity index (χ1n) is 6.72. The molecule has 1 aromatic carbocycles. The van der Waals surface area contributed by atoms with Gasteiger partial charge in [-0.3, -0.25) is 0 Å². The number of aryl methyl sites for hydroxylation is 1. The molecule has 1 aromatic rings. The molecule has 0 aromatic heterocycles. The highest BCUT2D eigenvalue weighted by Gasteiger charge is 2.21. The molecular weight excluding hydrogens is 222 g/mol.